The van der Waals surface area contributed by atoms with Crippen LogP contribution in [0.1, 0.15) is 0 Å². The van der Waals surface area contributed by atoms with E-state index in [4.69, 9.17) is 26.8 Å². The van der Waals surface area contributed by atoms with Gasteiger partial charge in [0.25, 0.3) is 0 Å². The van der Waals surface area contributed by atoms with E-state index in [0.717, 1.165) is 5.75 Å². The fourth-order valence-corrected chi connectivity index (χ4v) is 1.60. The number of rotatable bonds is 3. The van der Waals surface area contributed by atoms with Crippen LogP contribution < -0.4 is 15.2 Å². The number of benzene rings is 2. The summed E-state index contributed by atoms with van der Waals surface area (Å²) < 4.78 is 10.7. The normalized spacial score (nSPS) is 10.0. The minimum Gasteiger partial charge on any atom is -0.497 e. The van der Waals surface area contributed by atoms with E-state index in [1.54, 1.807) is 25.3 Å². The predicted octanol–water partition coefficient (Wildman–Crippen LogP) is 3.72. The summed E-state index contributed by atoms with van der Waals surface area (Å²) in [5.41, 5.74) is 6.21. The van der Waals surface area contributed by atoms with E-state index in [1.165, 1.54) is 0 Å². The lowest BCUT2D eigenvalue weighted by Gasteiger charge is -2.08. The topological polar surface area (TPSA) is 44.5 Å². The van der Waals surface area contributed by atoms with E-state index >= 15 is 0 Å². The molecule has 0 radical (unpaired) electrons. The molecule has 17 heavy (non-hydrogen) atoms. The van der Waals surface area contributed by atoms with Gasteiger partial charge in [-0.05, 0) is 42.5 Å². The van der Waals surface area contributed by atoms with Crippen molar-refractivity contribution in [1.29, 1.82) is 0 Å². The summed E-state index contributed by atoms with van der Waals surface area (Å²) in [4.78, 5) is 0. The van der Waals surface area contributed by atoms with Crippen molar-refractivity contribution in [3.05, 3.63) is 47.5 Å². The maximum Gasteiger partial charge on any atom is 0.146 e. The Morgan fingerprint density at radius 2 is 1.65 bits per heavy atom. The summed E-state index contributed by atoms with van der Waals surface area (Å²) >= 11 is 6.01. The van der Waals surface area contributed by atoms with E-state index in [9.17, 15) is 0 Å². The third-order valence-electron chi connectivity index (χ3n) is 2.24. The van der Waals surface area contributed by atoms with E-state index < -0.39 is 0 Å². The predicted molar refractivity (Wildman–Crippen MR) is 68.9 cm³/mol. The van der Waals surface area contributed by atoms with Crippen LogP contribution in [0.2, 0.25) is 5.02 Å². The van der Waals surface area contributed by atoms with E-state index in [1.807, 2.05) is 24.3 Å². The standard InChI is InChI=1S/C13H12ClNO2/c1-16-10-3-5-11(6-4-10)17-13-7-2-9(15)8-12(13)14/h2-8H,15H2,1H3. The number of hydrogen-bond donors (Lipinski definition) is 1. The van der Waals surface area contributed by atoms with Gasteiger partial charge in [0.15, 0.2) is 0 Å². The van der Waals surface area contributed by atoms with Gasteiger partial charge in [0.1, 0.15) is 17.2 Å². The molecule has 88 valence electrons. The van der Waals surface area contributed by atoms with Crippen LogP contribution >= 0.6 is 11.6 Å². The van der Waals surface area contributed by atoms with Crippen LogP contribution in [0.5, 0.6) is 17.2 Å². The first-order chi connectivity index (χ1) is 8.19. The van der Waals surface area contributed by atoms with Crippen LogP contribution in [0.4, 0.5) is 5.69 Å². The second-order valence-electron chi connectivity index (χ2n) is 3.47. The van der Waals surface area contributed by atoms with E-state index in [0.29, 0.717) is 22.2 Å². The highest BCUT2D eigenvalue weighted by molar-refractivity contribution is 6.32. The van der Waals surface area contributed by atoms with Gasteiger partial charge in [-0.1, -0.05) is 11.6 Å². The maximum atomic E-state index is 6.01. The molecule has 4 heteroatoms. The quantitative estimate of drug-likeness (QED) is 0.843. The third-order valence-corrected chi connectivity index (χ3v) is 2.54. The molecule has 0 unspecified atom stereocenters. The molecule has 0 bridgehead atoms. The highest BCUT2D eigenvalue weighted by Crippen LogP contribution is 2.31. The lowest BCUT2D eigenvalue weighted by atomic mass is 10.3. The molecule has 2 aromatic rings. The van der Waals surface area contributed by atoms with Crippen molar-refractivity contribution >= 4 is 17.3 Å². The van der Waals surface area contributed by atoms with Crippen LogP contribution in [0, 0.1) is 0 Å². The Bertz CT molecular complexity index is 511. The van der Waals surface area contributed by atoms with Crippen molar-refractivity contribution in [2.75, 3.05) is 12.8 Å². The van der Waals surface area contributed by atoms with Crippen molar-refractivity contribution in [3.8, 4) is 17.2 Å². The van der Waals surface area contributed by atoms with Crippen LogP contribution in [-0.2, 0) is 0 Å². The van der Waals surface area contributed by atoms with Crippen molar-refractivity contribution in [2.24, 2.45) is 0 Å². The fraction of sp³-hybridized carbons (Fsp3) is 0.0769. The maximum absolute atomic E-state index is 6.01. The molecule has 2 aromatic carbocycles. The van der Waals surface area contributed by atoms with Crippen molar-refractivity contribution < 1.29 is 9.47 Å². The molecule has 2 rings (SSSR count). The largest absolute Gasteiger partial charge is 0.497 e. The summed E-state index contributed by atoms with van der Waals surface area (Å²) in [7, 11) is 1.62. The average Bonchev–Trinajstić information content (AvgIpc) is 2.34. The van der Waals surface area contributed by atoms with Crippen molar-refractivity contribution in [2.45, 2.75) is 0 Å². The number of ether oxygens (including phenoxy) is 2. The first kappa shape index (κ1) is 11.6. The molecule has 0 saturated carbocycles. The summed E-state index contributed by atoms with van der Waals surface area (Å²) in [6.07, 6.45) is 0. The fourth-order valence-electron chi connectivity index (χ4n) is 1.37. The van der Waals surface area contributed by atoms with Crippen LogP contribution in [0.3, 0.4) is 0 Å². The van der Waals surface area contributed by atoms with Gasteiger partial charge in [-0.15, -0.1) is 0 Å². The zero-order valence-electron chi connectivity index (χ0n) is 9.31. The zero-order chi connectivity index (χ0) is 12.3. The molecule has 0 heterocycles. The molecule has 0 aliphatic carbocycles. The van der Waals surface area contributed by atoms with Gasteiger partial charge in [-0.3, -0.25) is 0 Å². The molecule has 0 atom stereocenters. The number of anilines is 1. The summed E-state index contributed by atoms with van der Waals surface area (Å²) in [6.45, 7) is 0. The smallest absolute Gasteiger partial charge is 0.146 e. The Morgan fingerprint density at radius 3 is 2.24 bits per heavy atom. The number of nitrogen functional groups attached to an aromatic ring is 1. The van der Waals surface area contributed by atoms with Gasteiger partial charge in [0.2, 0.25) is 0 Å². The van der Waals surface area contributed by atoms with E-state index in [2.05, 4.69) is 0 Å². The molecule has 0 amide bonds. The Balaban J connectivity index is 2.19. The lowest BCUT2D eigenvalue weighted by molar-refractivity contribution is 0.413. The SMILES string of the molecule is COc1ccc(Oc2ccc(N)cc2Cl)cc1. The lowest BCUT2D eigenvalue weighted by Crippen LogP contribution is -1.89. The van der Waals surface area contributed by atoms with Gasteiger partial charge in [0.05, 0.1) is 12.1 Å². The summed E-state index contributed by atoms with van der Waals surface area (Å²) in [5, 5.41) is 0.487. The molecule has 0 aromatic heterocycles. The Hall–Kier alpha value is -1.87. The number of hydrogen-bond acceptors (Lipinski definition) is 3. The third kappa shape index (κ3) is 2.82. The summed E-state index contributed by atoms with van der Waals surface area (Å²) in [5.74, 6) is 2.05. The second-order valence-corrected chi connectivity index (χ2v) is 3.87. The number of halogens is 1. The number of methoxy groups -OCH3 is 1. The first-order valence-electron chi connectivity index (χ1n) is 5.06. The number of nitrogens with two attached hydrogens (primary N) is 1. The van der Waals surface area contributed by atoms with Crippen molar-refractivity contribution in [3.63, 3.8) is 0 Å². The molecule has 3 nitrogen and oxygen atoms in total. The molecule has 0 fully saturated rings. The van der Waals surface area contributed by atoms with Gasteiger partial charge in [-0.25, -0.2) is 0 Å². The Labute approximate surface area is 105 Å². The minimum absolute atomic E-state index is 0.487. The molecule has 0 saturated heterocycles. The van der Waals surface area contributed by atoms with Crippen LogP contribution in [0.15, 0.2) is 42.5 Å². The molecular weight excluding hydrogens is 238 g/mol. The van der Waals surface area contributed by atoms with E-state index in [-0.39, 0.29) is 0 Å². The molecular formula is C13H12ClNO2. The monoisotopic (exact) mass is 249 g/mol. The minimum atomic E-state index is 0.487. The molecule has 0 aliphatic rings. The van der Waals surface area contributed by atoms with Crippen molar-refractivity contribution in [1.82, 2.24) is 0 Å². The van der Waals surface area contributed by atoms with Gasteiger partial charge < -0.3 is 15.2 Å². The highest BCUT2D eigenvalue weighted by Gasteiger charge is 2.03. The molecule has 0 aliphatic heterocycles. The average molecular weight is 250 g/mol. The second kappa shape index (κ2) is 4.97. The molecule has 0 spiro atoms. The molecule has 2 N–H and O–H groups in total. The van der Waals surface area contributed by atoms with Gasteiger partial charge >= 0.3 is 0 Å². The first-order valence-corrected chi connectivity index (χ1v) is 5.44. The van der Waals surface area contributed by atoms with Gasteiger partial charge in [-0.2, -0.15) is 0 Å². The Morgan fingerprint density at radius 1 is 1.00 bits per heavy atom. The zero-order valence-corrected chi connectivity index (χ0v) is 10.1. The summed E-state index contributed by atoms with van der Waals surface area (Å²) in [6, 6.07) is 12.4. The van der Waals surface area contributed by atoms with Crippen LogP contribution in [0.25, 0.3) is 0 Å². The van der Waals surface area contributed by atoms with Gasteiger partial charge in [0, 0.05) is 5.69 Å². The highest BCUT2D eigenvalue weighted by atomic mass is 35.5. The Kier molecular flexibility index (Phi) is 3.40. The van der Waals surface area contributed by atoms with Crippen LogP contribution in [-0.4, -0.2) is 7.11 Å².